The number of hydrogen-bond acceptors (Lipinski definition) is 3. The Hall–Kier alpha value is -1.80. The fourth-order valence-electron chi connectivity index (χ4n) is 2.38. The van der Waals surface area contributed by atoms with E-state index in [1.807, 2.05) is 30.3 Å². The molecule has 2 rings (SSSR count). The van der Waals surface area contributed by atoms with E-state index in [2.05, 4.69) is 40.7 Å². The average Bonchev–Trinajstić information content (AvgIpc) is 2.63. The third-order valence-corrected chi connectivity index (χ3v) is 3.67. The summed E-state index contributed by atoms with van der Waals surface area (Å²) in [5.74, 6) is 1.63. The Bertz CT molecular complexity index is 675. The highest BCUT2D eigenvalue weighted by molar-refractivity contribution is 14.0. The van der Waals surface area contributed by atoms with Crippen molar-refractivity contribution in [3.63, 3.8) is 0 Å². The molecule has 0 aromatic heterocycles. The van der Waals surface area contributed by atoms with Crippen molar-refractivity contribution >= 4 is 29.9 Å². The van der Waals surface area contributed by atoms with E-state index in [9.17, 15) is 0 Å². The number of methoxy groups -OCH3 is 1. The van der Waals surface area contributed by atoms with Crippen molar-refractivity contribution in [2.24, 2.45) is 4.99 Å². The van der Waals surface area contributed by atoms with Gasteiger partial charge in [0.15, 0.2) is 5.96 Å². The second-order valence-corrected chi connectivity index (χ2v) is 5.77. The largest absolute Gasteiger partial charge is 0.492 e. The smallest absolute Gasteiger partial charge is 0.191 e. The molecule has 0 saturated carbocycles. The standard InChI is InChI=1S/C20H27N3O2.HI/c1-16-7-9-19(10-8-16)25-12-11-22-20(21-2)23-14-17-5-4-6-18(13-17)15-24-3;/h4-10,13H,11-12,14-15H2,1-3H3,(H2,21,22,23);1H. The summed E-state index contributed by atoms with van der Waals surface area (Å²) in [6.07, 6.45) is 0. The van der Waals surface area contributed by atoms with Gasteiger partial charge in [-0.25, -0.2) is 0 Å². The van der Waals surface area contributed by atoms with Crippen LogP contribution in [0.3, 0.4) is 0 Å². The lowest BCUT2D eigenvalue weighted by Crippen LogP contribution is -2.38. The molecule has 0 bridgehead atoms. The molecule has 0 atom stereocenters. The lowest BCUT2D eigenvalue weighted by atomic mass is 10.1. The average molecular weight is 469 g/mol. The minimum Gasteiger partial charge on any atom is -0.492 e. The molecule has 0 aliphatic heterocycles. The number of aryl methyl sites for hydroxylation is 1. The molecule has 2 aromatic rings. The summed E-state index contributed by atoms with van der Waals surface area (Å²) in [5.41, 5.74) is 3.58. The van der Waals surface area contributed by atoms with Gasteiger partial charge >= 0.3 is 0 Å². The van der Waals surface area contributed by atoms with Gasteiger partial charge in [0.05, 0.1) is 13.2 Å². The van der Waals surface area contributed by atoms with Gasteiger partial charge in [0.2, 0.25) is 0 Å². The molecule has 0 unspecified atom stereocenters. The van der Waals surface area contributed by atoms with Crippen LogP contribution in [0.1, 0.15) is 16.7 Å². The van der Waals surface area contributed by atoms with Crippen molar-refractivity contribution in [3.05, 3.63) is 65.2 Å². The van der Waals surface area contributed by atoms with Gasteiger partial charge in [-0.05, 0) is 30.2 Å². The minimum absolute atomic E-state index is 0. The van der Waals surface area contributed by atoms with Gasteiger partial charge in [0.1, 0.15) is 12.4 Å². The van der Waals surface area contributed by atoms with Crippen molar-refractivity contribution in [1.82, 2.24) is 10.6 Å². The highest BCUT2D eigenvalue weighted by Gasteiger charge is 2.00. The topological polar surface area (TPSA) is 54.9 Å². The molecular formula is C20H28IN3O2. The van der Waals surface area contributed by atoms with Crippen LogP contribution in [-0.2, 0) is 17.9 Å². The second kappa shape index (κ2) is 12.5. The maximum absolute atomic E-state index is 5.70. The number of hydrogen-bond donors (Lipinski definition) is 2. The SMILES string of the molecule is CN=C(NCCOc1ccc(C)cc1)NCc1cccc(COC)c1.I. The van der Waals surface area contributed by atoms with Crippen molar-refractivity contribution in [2.75, 3.05) is 27.3 Å². The summed E-state index contributed by atoms with van der Waals surface area (Å²) in [4.78, 5) is 4.23. The Morgan fingerprint density at radius 3 is 2.46 bits per heavy atom. The Morgan fingerprint density at radius 1 is 1.04 bits per heavy atom. The van der Waals surface area contributed by atoms with Crippen LogP contribution in [0.5, 0.6) is 5.75 Å². The Balaban J connectivity index is 0.00000338. The van der Waals surface area contributed by atoms with E-state index < -0.39 is 0 Å². The molecule has 26 heavy (non-hydrogen) atoms. The van der Waals surface area contributed by atoms with Gasteiger partial charge in [0, 0.05) is 20.7 Å². The third-order valence-electron chi connectivity index (χ3n) is 3.67. The van der Waals surface area contributed by atoms with Crippen LogP contribution in [0.15, 0.2) is 53.5 Å². The number of rotatable bonds is 8. The van der Waals surface area contributed by atoms with Crippen molar-refractivity contribution in [3.8, 4) is 5.75 Å². The molecule has 0 aliphatic rings. The first-order valence-electron chi connectivity index (χ1n) is 8.42. The Morgan fingerprint density at radius 2 is 1.77 bits per heavy atom. The molecule has 2 N–H and O–H groups in total. The highest BCUT2D eigenvalue weighted by Crippen LogP contribution is 2.10. The lowest BCUT2D eigenvalue weighted by Gasteiger charge is -2.13. The summed E-state index contributed by atoms with van der Waals surface area (Å²) in [6.45, 7) is 4.64. The molecule has 0 radical (unpaired) electrons. The first kappa shape index (κ1) is 22.2. The van der Waals surface area contributed by atoms with E-state index in [4.69, 9.17) is 9.47 Å². The van der Waals surface area contributed by atoms with Crippen LogP contribution in [0.2, 0.25) is 0 Å². The minimum atomic E-state index is 0. The summed E-state index contributed by atoms with van der Waals surface area (Å²) in [5, 5.41) is 6.55. The summed E-state index contributed by atoms with van der Waals surface area (Å²) in [7, 11) is 3.47. The molecule has 0 saturated heterocycles. The van der Waals surface area contributed by atoms with Crippen molar-refractivity contribution < 1.29 is 9.47 Å². The maximum atomic E-state index is 5.70. The van der Waals surface area contributed by atoms with Gasteiger partial charge < -0.3 is 20.1 Å². The zero-order chi connectivity index (χ0) is 17.9. The molecule has 6 heteroatoms. The number of nitrogens with zero attached hydrogens (tertiary/aromatic N) is 1. The van der Waals surface area contributed by atoms with Crippen molar-refractivity contribution in [2.45, 2.75) is 20.1 Å². The fourth-order valence-corrected chi connectivity index (χ4v) is 2.38. The molecule has 0 fully saturated rings. The first-order valence-corrected chi connectivity index (χ1v) is 8.42. The molecular weight excluding hydrogens is 441 g/mol. The van der Waals surface area contributed by atoms with E-state index >= 15 is 0 Å². The summed E-state index contributed by atoms with van der Waals surface area (Å²) in [6, 6.07) is 16.4. The van der Waals surface area contributed by atoms with Crippen LogP contribution in [0.25, 0.3) is 0 Å². The Kier molecular flexibility index (Phi) is 10.7. The number of guanidine groups is 1. The predicted molar refractivity (Wildman–Crippen MR) is 117 cm³/mol. The molecule has 142 valence electrons. The van der Waals surface area contributed by atoms with Crippen LogP contribution < -0.4 is 15.4 Å². The highest BCUT2D eigenvalue weighted by atomic mass is 127. The van der Waals surface area contributed by atoms with E-state index in [0.717, 1.165) is 17.3 Å². The van der Waals surface area contributed by atoms with E-state index in [1.54, 1.807) is 14.2 Å². The third kappa shape index (κ3) is 8.05. The summed E-state index contributed by atoms with van der Waals surface area (Å²) >= 11 is 0. The van der Waals surface area contributed by atoms with E-state index in [0.29, 0.717) is 26.3 Å². The van der Waals surface area contributed by atoms with E-state index in [-0.39, 0.29) is 24.0 Å². The normalized spacial score (nSPS) is 10.8. The quantitative estimate of drug-likeness (QED) is 0.269. The zero-order valence-corrected chi connectivity index (χ0v) is 17.9. The second-order valence-electron chi connectivity index (χ2n) is 5.77. The molecule has 0 spiro atoms. The fraction of sp³-hybridized carbons (Fsp3) is 0.350. The number of ether oxygens (including phenoxy) is 2. The predicted octanol–water partition coefficient (Wildman–Crippen LogP) is 3.50. The monoisotopic (exact) mass is 469 g/mol. The van der Waals surface area contributed by atoms with E-state index in [1.165, 1.54) is 11.1 Å². The molecule has 2 aromatic carbocycles. The lowest BCUT2D eigenvalue weighted by molar-refractivity contribution is 0.185. The molecule has 0 heterocycles. The number of nitrogens with one attached hydrogen (secondary N) is 2. The van der Waals surface area contributed by atoms with Gasteiger partial charge in [-0.15, -0.1) is 24.0 Å². The maximum Gasteiger partial charge on any atom is 0.191 e. The van der Waals surface area contributed by atoms with Crippen LogP contribution in [-0.4, -0.2) is 33.3 Å². The van der Waals surface area contributed by atoms with Crippen LogP contribution >= 0.6 is 24.0 Å². The molecule has 5 nitrogen and oxygen atoms in total. The molecule has 0 aliphatic carbocycles. The summed E-state index contributed by atoms with van der Waals surface area (Å²) < 4.78 is 10.9. The van der Waals surface area contributed by atoms with Gasteiger partial charge in [-0.1, -0.05) is 42.0 Å². The molecule has 0 amide bonds. The zero-order valence-electron chi connectivity index (χ0n) is 15.6. The van der Waals surface area contributed by atoms with Gasteiger partial charge in [-0.2, -0.15) is 0 Å². The van der Waals surface area contributed by atoms with Gasteiger partial charge in [0.25, 0.3) is 0 Å². The Labute approximate surface area is 173 Å². The number of benzene rings is 2. The number of halogens is 1. The van der Waals surface area contributed by atoms with Crippen LogP contribution in [0, 0.1) is 6.92 Å². The number of aliphatic imine (C=N–C) groups is 1. The van der Waals surface area contributed by atoms with Crippen LogP contribution in [0.4, 0.5) is 0 Å². The van der Waals surface area contributed by atoms with Crippen molar-refractivity contribution in [1.29, 1.82) is 0 Å². The first-order chi connectivity index (χ1) is 12.2. The van der Waals surface area contributed by atoms with Gasteiger partial charge in [-0.3, -0.25) is 4.99 Å².